The number of benzene rings is 1. The largest absolute Gasteiger partial charge is 0.350 e. The van der Waals surface area contributed by atoms with Gasteiger partial charge < -0.3 is 10.6 Å². The van der Waals surface area contributed by atoms with Crippen LogP contribution in [0, 0.1) is 0 Å². The van der Waals surface area contributed by atoms with Gasteiger partial charge in [-0.15, -0.1) is 0 Å². The zero-order valence-electron chi connectivity index (χ0n) is 11.5. The smallest absolute Gasteiger partial charge is 0.229 e. The Balaban J connectivity index is 1.71. The Hall–Kier alpha value is -2.14. The minimum Gasteiger partial charge on any atom is -0.350 e. The highest BCUT2D eigenvalue weighted by Crippen LogP contribution is 2.23. The van der Waals surface area contributed by atoms with E-state index in [0.29, 0.717) is 13.1 Å². The third-order valence-corrected chi connectivity index (χ3v) is 3.78. The fourth-order valence-electron chi connectivity index (χ4n) is 2.61. The summed E-state index contributed by atoms with van der Waals surface area (Å²) in [5.74, 6) is -0.0565. The Morgan fingerprint density at radius 3 is 3.10 bits per heavy atom. The van der Waals surface area contributed by atoms with Crippen LogP contribution in [0.25, 0.3) is 0 Å². The predicted octanol–water partition coefficient (Wildman–Crippen LogP) is 0.923. The quantitative estimate of drug-likeness (QED) is 0.872. The Morgan fingerprint density at radius 2 is 2.30 bits per heavy atom. The molecule has 0 aliphatic carbocycles. The van der Waals surface area contributed by atoms with Gasteiger partial charge >= 0.3 is 0 Å². The Bertz CT molecular complexity index is 620. The second kappa shape index (κ2) is 5.46. The summed E-state index contributed by atoms with van der Waals surface area (Å²) in [6, 6.07) is 10.0. The summed E-state index contributed by atoms with van der Waals surface area (Å²) in [7, 11) is 1.87. The molecule has 0 spiro atoms. The van der Waals surface area contributed by atoms with Crippen LogP contribution in [0.3, 0.4) is 0 Å². The maximum absolute atomic E-state index is 12.4. The van der Waals surface area contributed by atoms with Crippen molar-refractivity contribution in [3.63, 3.8) is 0 Å². The van der Waals surface area contributed by atoms with Gasteiger partial charge in [-0.05, 0) is 17.2 Å². The average molecular weight is 270 g/mol. The van der Waals surface area contributed by atoms with Crippen LogP contribution in [0.5, 0.6) is 0 Å². The minimum absolute atomic E-state index is 0.0610. The van der Waals surface area contributed by atoms with Crippen LogP contribution in [0.4, 0.5) is 0 Å². The summed E-state index contributed by atoms with van der Waals surface area (Å²) in [6.07, 6.45) is 1.74. The first-order valence-corrected chi connectivity index (χ1v) is 6.79. The van der Waals surface area contributed by atoms with Gasteiger partial charge in [0.2, 0.25) is 5.91 Å². The second-order valence-electron chi connectivity index (χ2n) is 5.05. The SMILES string of the molecule is Cn1nccc1CNC(=O)C1CNCc2ccccc21. The molecule has 1 aliphatic heterocycles. The molecule has 1 aromatic heterocycles. The molecule has 5 heteroatoms. The van der Waals surface area contributed by atoms with Gasteiger partial charge in [-0.3, -0.25) is 9.48 Å². The highest BCUT2D eigenvalue weighted by molar-refractivity contribution is 5.84. The van der Waals surface area contributed by atoms with E-state index in [4.69, 9.17) is 0 Å². The molecule has 3 rings (SSSR count). The van der Waals surface area contributed by atoms with E-state index in [1.165, 1.54) is 5.56 Å². The molecule has 1 atom stereocenters. The summed E-state index contributed by atoms with van der Waals surface area (Å²) in [5.41, 5.74) is 3.34. The van der Waals surface area contributed by atoms with Gasteiger partial charge in [-0.2, -0.15) is 5.10 Å². The topological polar surface area (TPSA) is 59.0 Å². The van der Waals surface area contributed by atoms with Crippen LogP contribution >= 0.6 is 0 Å². The van der Waals surface area contributed by atoms with Crippen molar-refractivity contribution >= 4 is 5.91 Å². The monoisotopic (exact) mass is 270 g/mol. The van der Waals surface area contributed by atoms with E-state index >= 15 is 0 Å². The summed E-state index contributed by atoms with van der Waals surface area (Å²) in [6.45, 7) is 2.03. The Labute approximate surface area is 118 Å². The van der Waals surface area contributed by atoms with E-state index in [2.05, 4.69) is 21.8 Å². The molecule has 0 fully saturated rings. The number of fused-ring (bicyclic) bond motifs is 1. The first-order chi connectivity index (χ1) is 9.75. The molecule has 1 aromatic carbocycles. The maximum Gasteiger partial charge on any atom is 0.229 e. The number of rotatable bonds is 3. The van der Waals surface area contributed by atoms with Crippen molar-refractivity contribution in [3.8, 4) is 0 Å². The molecular weight excluding hydrogens is 252 g/mol. The minimum atomic E-state index is -0.117. The Kier molecular flexibility index (Phi) is 3.52. The Morgan fingerprint density at radius 1 is 1.45 bits per heavy atom. The lowest BCUT2D eigenvalue weighted by molar-refractivity contribution is -0.122. The van der Waals surface area contributed by atoms with E-state index in [-0.39, 0.29) is 11.8 Å². The predicted molar refractivity (Wildman–Crippen MR) is 75.9 cm³/mol. The van der Waals surface area contributed by atoms with E-state index in [1.807, 2.05) is 31.3 Å². The maximum atomic E-state index is 12.4. The van der Waals surface area contributed by atoms with Crippen molar-refractivity contribution in [1.82, 2.24) is 20.4 Å². The van der Waals surface area contributed by atoms with Gasteiger partial charge in [0.05, 0.1) is 18.2 Å². The zero-order valence-corrected chi connectivity index (χ0v) is 11.5. The molecule has 2 N–H and O–H groups in total. The lowest BCUT2D eigenvalue weighted by Gasteiger charge is -2.25. The van der Waals surface area contributed by atoms with E-state index in [1.54, 1.807) is 10.9 Å². The molecule has 1 unspecified atom stereocenters. The van der Waals surface area contributed by atoms with Gasteiger partial charge in [0.1, 0.15) is 0 Å². The number of aryl methyl sites for hydroxylation is 1. The molecule has 2 heterocycles. The molecule has 1 aliphatic rings. The number of amides is 1. The standard InChI is InChI=1S/C15H18N4O/c1-19-12(6-7-18-19)9-17-15(20)14-10-16-8-11-4-2-3-5-13(11)14/h2-7,14,16H,8-10H2,1H3,(H,17,20). The van der Waals surface area contributed by atoms with Crippen molar-refractivity contribution in [2.75, 3.05) is 6.54 Å². The highest BCUT2D eigenvalue weighted by Gasteiger charge is 2.25. The molecule has 104 valence electrons. The molecule has 0 radical (unpaired) electrons. The number of hydrogen-bond acceptors (Lipinski definition) is 3. The zero-order chi connectivity index (χ0) is 13.9. The highest BCUT2D eigenvalue weighted by atomic mass is 16.1. The van der Waals surface area contributed by atoms with Gasteiger partial charge in [-0.25, -0.2) is 0 Å². The normalized spacial score (nSPS) is 17.6. The van der Waals surface area contributed by atoms with Crippen LogP contribution < -0.4 is 10.6 Å². The van der Waals surface area contributed by atoms with Crippen LogP contribution in [0.2, 0.25) is 0 Å². The third-order valence-electron chi connectivity index (χ3n) is 3.78. The molecule has 1 amide bonds. The number of hydrogen-bond donors (Lipinski definition) is 2. The van der Waals surface area contributed by atoms with Gasteiger partial charge in [0.15, 0.2) is 0 Å². The van der Waals surface area contributed by atoms with E-state index in [9.17, 15) is 4.79 Å². The lowest BCUT2D eigenvalue weighted by atomic mass is 9.90. The van der Waals surface area contributed by atoms with Crippen LogP contribution in [0.1, 0.15) is 22.7 Å². The number of nitrogens with zero attached hydrogens (tertiary/aromatic N) is 2. The molecule has 20 heavy (non-hydrogen) atoms. The van der Waals surface area contributed by atoms with Crippen molar-refractivity contribution < 1.29 is 4.79 Å². The van der Waals surface area contributed by atoms with Gasteiger partial charge in [-0.1, -0.05) is 24.3 Å². The fourth-order valence-corrected chi connectivity index (χ4v) is 2.61. The summed E-state index contributed by atoms with van der Waals surface area (Å²) < 4.78 is 1.77. The average Bonchev–Trinajstić information content (AvgIpc) is 2.89. The molecule has 0 saturated heterocycles. The van der Waals surface area contributed by atoms with Crippen LogP contribution in [0.15, 0.2) is 36.5 Å². The number of nitrogens with one attached hydrogen (secondary N) is 2. The molecule has 2 aromatic rings. The van der Waals surface area contributed by atoms with Crippen LogP contribution in [-0.4, -0.2) is 22.2 Å². The summed E-state index contributed by atoms with van der Waals surface area (Å²) in [4.78, 5) is 12.4. The van der Waals surface area contributed by atoms with Gasteiger partial charge in [0, 0.05) is 26.3 Å². The number of aromatic nitrogens is 2. The summed E-state index contributed by atoms with van der Waals surface area (Å²) >= 11 is 0. The van der Waals surface area contributed by atoms with E-state index in [0.717, 1.165) is 17.8 Å². The van der Waals surface area contributed by atoms with Crippen molar-refractivity contribution in [2.45, 2.75) is 19.0 Å². The van der Waals surface area contributed by atoms with E-state index < -0.39 is 0 Å². The molecule has 5 nitrogen and oxygen atoms in total. The second-order valence-corrected chi connectivity index (χ2v) is 5.05. The fraction of sp³-hybridized carbons (Fsp3) is 0.333. The third kappa shape index (κ3) is 2.44. The first kappa shape index (κ1) is 12.9. The summed E-state index contributed by atoms with van der Waals surface area (Å²) in [5, 5.41) is 10.4. The van der Waals surface area contributed by atoms with Crippen molar-refractivity contribution in [3.05, 3.63) is 53.3 Å². The lowest BCUT2D eigenvalue weighted by Crippen LogP contribution is -2.38. The van der Waals surface area contributed by atoms with Gasteiger partial charge in [0.25, 0.3) is 0 Å². The first-order valence-electron chi connectivity index (χ1n) is 6.79. The number of carbonyl (C=O) groups is 1. The number of carbonyl (C=O) groups excluding carboxylic acids is 1. The molecular formula is C15H18N4O. The van der Waals surface area contributed by atoms with Crippen molar-refractivity contribution in [1.29, 1.82) is 0 Å². The molecule has 0 bridgehead atoms. The van der Waals surface area contributed by atoms with Crippen molar-refractivity contribution in [2.24, 2.45) is 7.05 Å². The molecule has 0 saturated carbocycles. The van der Waals surface area contributed by atoms with Crippen LogP contribution in [-0.2, 0) is 24.9 Å².